The summed E-state index contributed by atoms with van der Waals surface area (Å²) in [6.45, 7) is -0.610. The van der Waals surface area contributed by atoms with Crippen LogP contribution in [0.25, 0.3) is 0 Å². The predicted molar refractivity (Wildman–Crippen MR) is 79.4 cm³/mol. The standard InChI is InChI=1S/C16H20F2N2O3/c17-16(18)23-13-5-1-11(2-6-13)14-9-20(7-8-22-14)10-15(21)19-12-3-4-12/h1-2,5-6,12,14,16H,3-4,7-10H2,(H,19,21)/t14-/m1/s1. The number of alkyl halides is 2. The molecule has 1 aliphatic carbocycles. The summed E-state index contributed by atoms with van der Waals surface area (Å²) in [5.74, 6) is 0.175. The third kappa shape index (κ3) is 4.87. The number of hydrogen-bond acceptors (Lipinski definition) is 4. The van der Waals surface area contributed by atoms with Crippen LogP contribution >= 0.6 is 0 Å². The van der Waals surface area contributed by atoms with Crippen LogP contribution in [-0.4, -0.2) is 49.7 Å². The van der Waals surface area contributed by atoms with Crippen LogP contribution in [0.5, 0.6) is 5.75 Å². The third-order valence-electron chi connectivity index (χ3n) is 3.94. The van der Waals surface area contributed by atoms with Gasteiger partial charge < -0.3 is 14.8 Å². The first kappa shape index (κ1) is 16.1. The molecular formula is C16H20F2N2O3. The van der Waals surface area contributed by atoms with Gasteiger partial charge in [-0.2, -0.15) is 8.78 Å². The first-order chi connectivity index (χ1) is 11.1. The summed E-state index contributed by atoms with van der Waals surface area (Å²) >= 11 is 0. The predicted octanol–water partition coefficient (Wildman–Crippen LogP) is 1.94. The number of carbonyl (C=O) groups is 1. The Bertz CT molecular complexity index is 535. The first-order valence-corrected chi connectivity index (χ1v) is 7.78. The van der Waals surface area contributed by atoms with Gasteiger partial charge in [0.2, 0.25) is 5.91 Å². The minimum Gasteiger partial charge on any atom is -0.435 e. The Morgan fingerprint density at radius 1 is 1.35 bits per heavy atom. The van der Waals surface area contributed by atoms with Crippen LogP contribution in [0.15, 0.2) is 24.3 Å². The topological polar surface area (TPSA) is 50.8 Å². The molecule has 1 amide bonds. The van der Waals surface area contributed by atoms with E-state index in [1.54, 1.807) is 12.1 Å². The Kier molecular flexibility index (Phi) is 5.07. The summed E-state index contributed by atoms with van der Waals surface area (Å²) in [7, 11) is 0. The summed E-state index contributed by atoms with van der Waals surface area (Å²) in [6, 6.07) is 6.81. The smallest absolute Gasteiger partial charge is 0.387 e. The monoisotopic (exact) mass is 326 g/mol. The molecule has 1 aromatic carbocycles. The highest BCUT2D eigenvalue weighted by Gasteiger charge is 2.27. The maximum atomic E-state index is 12.2. The average molecular weight is 326 g/mol. The largest absolute Gasteiger partial charge is 0.435 e. The number of nitrogens with zero attached hydrogens (tertiary/aromatic N) is 1. The number of halogens is 2. The molecule has 7 heteroatoms. The van der Waals surface area contributed by atoms with Gasteiger partial charge in [-0.1, -0.05) is 12.1 Å². The zero-order valence-corrected chi connectivity index (χ0v) is 12.7. The van der Waals surface area contributed by atoms with Gasteiger partial charge in [-0.05, 0) is 30.5 Å². The van der Waals surface area contributed by atoms with Gasteiger partial charge in [0.15, 0.2) is 0 Å². The van der Waals surface area contributed by atoms with Gasteiger partial charge in [0.05, 0.1) is 19.3 Å². The number of amides is 1. The minimum absolute atomic E-state index is 0.0498. The summed E-state index contributed by atoms with van der Waals surface area (Å²) in [5.41, 5.74) is 0.888. The molecule has 1 heterocycles. The van der Waals surface area contributed by atoms with Gasteiger partial charge >= 0.3 is 6.61 Å². The van der Waals surface area contributed by atoms with Gasteiger partial charge in [0.1, 0.15) is 5.75 Å². The zero-order valence-electron chi connectivity index (χ0n) is 12.7. The number of ether oxygens (including phenoxy) is 2. The molecule has 1 aliphatic heterocycles. The van der Waals surface area contributed by atoms with E-state index < -0.39 is 6.61 Å². The number of hydrogen-bond donors (Lipinski definition) is 1. The molecule has 1 aromatic rings. The molecule has 5 nitrogen and oxygen atoms in total. The molecule has 1 saturated heterocycles. The van der Waals surface area contributed by atoms with E-state index in [0.29, 0.717) is 32.3 Å². The molecule has 2 aliphatic rings. The molecule has 1 N–H and O–H groups in total. The minimum atomic E-state index is -2.83. The second kappa shape index (κ2) is 7.23. The Morgan fingerprint density at radius 3 is 2.74 bits per heavy atom. The Morgan fingerprint density at radius 2 is 2.09 bits per heavy atom. The summed E-state index contributed by atoms with van der Waals surface area (Å²) in [4.78, 5) is 13.9. The molecule has 2 fully saturated rings. The van der Waals surface area contributed by atoms with Gasteiger partial charge in [-0.15, -0.1) is 0 Å². The first-order valence-electron chi connectivity index (χ1n) is 7.78. The maximum absolute atomic E-state index is 12.2. The molecule has 0 radical (unpaired) electrons. The molecule has 126 valence electrons. The molecule has 3 rings (SSSR count). The van der Waals surface area contributed by atoms with Crippen molar-refractivity contribution in [2.24, 2.45) is 0 Å². The fourth-order valence-electron chi connectivity index (χ4n) is 2.62. The number of rotatable bonds is 6. The van der Waals surface area contributed by atoms with Crippen molar-refractivity contribution in [3.63, 3.8) is 0 Å². The van der Waals surface area contributed by atoms with E-state index in [0.717, 1.165) is 18.4 Å². The van der Waals surface area contributed by atoms with Crippen LogP contribution in [0.2, 0.25) is 0 Å². The highest BCUT2D eigenvalue weighted by Crippen LogP contribution is 2.25. The summed E-state index contributed by atoms with van der Waals surface area (Å²) < 4.78 is 34.4. The average Bonchev–Trinajstić information content (AvgIpc) is 3.31. The van der Waals surface area contributed by atoms with Gasteiger partial charge in [0, 0.05) is 19.1 Å². The molecular weight excluding hydrogens is 306 g/mol. The second-order valence-corrected chi connectivity index (χ2v) is 5.88. The second-order valence-electron chi connectivity index (χ2n) is 5.88. The Balaban J connectivity index is 1.53. The van der Waals surface area contributed by atoms with Crippen molar-refractivity contribution in [1.82, 2.24) is 10.2 Å². The van der Waals surface area contributed by atoms with Gasteiger partial charge in [-0.3, -0.25) is 9.69 Å². The molecule has 1 saturated carbocycles. The lowest BCUT2D eigenvalue weighted by atomic mass is 10.1. The van der Waals surface area contributed by atoms with Crippen LogP contribution in [-0.2, 0) is 9.53 Å². The zero-order chi connectivity index (χ0) is 16.2. The van der Waals surface area contributed by atoms with E-state index >= 15 is 0 Å². The Hall–Kier alpha value is -1.73. The van der Waals surface area contributed by atoms with Crippen LogP contribution < -0.4 is 10.1 Å². The highest BCUT2D eigenvalue weighted by molar-refractivity contribution is 5.78. The maximum Gasteiger partial charge on any atom is 0.387 e. The fraction of sp³-hybridized carbons (Fsp3) is 0.562. The highest BCUT2D eigenvalue weighted by atomic mass is 19.3. The van der Waals surface area contributed by atoms with Crippen LogP contribution in [0.4, 0.5) is 8.78 Å². The number of nitrogens with one attached hydrogen (secondary N) is 1. The lowest BCUT2D eigenvalue weighted by Gasteiger charge is -2.32. The normalized spacial score (nSPS) is 22.1. The third-order valence-corrected chi connectivity index (χ3v) is 3.94. The van der Waals surface area contributed by atoms with Crippen molar-refractivity contribution in [2.45, 2.75) is 31.6 Å². The van der Waals surface area contributed by atoms with Crippen LogP contribution in [0.3, 0.4) is 0 Å². The van der Waals surface area contributed by atoms with Crippen molar-refractivity contribution in [3.8, 4) is 5.75 Å². The molecule has 1 atom stereocenters. The van der Waals surface area contributed by atoms with Crippen molar-refractivity contribution < 1.29 is 23.0 Å². The summed E-state index contributed by atoms with van der Waals surface area (Å²) in [6.07, 6.45) is 1.98. The molecule has 0 bridgehead atoms. The number of carbonyl (C=O) groups excluding carboxylic acids is 1. The Labute approximate surface area is 133 Å². The fourth-order valence-corrected chi connectivity index (χ4v) is 2.62. The lowest BCUT2D eigenvalue weighted by Crippen LogP contribution is -2.44. The van der Waals surface area contributed by atoms with E-state index in [1.165, 1.54) is 12.1 Å². The van der Waals surface area contributed by atoms with Crippen LogP contribution in [0, 0.1) is 0 Å². The van der Waals surface area contributed by atoms with E-state index in [2.05, 4.69) is 15.0 Å². The van der Waals surface area contributed by atoms with Gasteiger partial charge in [-0.25, -0.2) is 0 Å². The summed E-state index contributed by atoms with van der Waals surface area (Å²) in [5, 5.41) is 2.97. The SMILES string of the molecule is O=C(CN1CCO[C@@H](c2ccc(OC(F)F)cc2)C1)NC1CC1. The number of morpholine rings is 1. The quantitative estimate of drug-likeness (QED) is 0.868. The molecule has 0 unspecified atom stereocenters. The molecule has 0 spiro atoms. The molecule has 23 heavy (non-hydrogen) atoms. The van der Waals surface area contributed by atoms with Crippen molar-refractivity contribution in [2.75, 3.05) is 26.2 Å². The number of benzene rings is 1. The van der Waals surface area contributed by atoms with E-state index in [1.807, 2.05) is 0 Å². The lowest BCUT2D eigenvalue weighted by molar-refractivity contribution is -0.124. The van der Waals surface area contributed by atoms with E-state index in [9.17, 15) is 13.6 Å². The van der Waals surface area contributed by atoms with Gasteiger partial charge in [0.25, 0.3) is 0 Å². The van der Waals surface area contributed by atoms with E-state index in [-0.39, 0.29) is 17.8 Å². The van der Waals surface area contributed by atoms with Crippen molar-refractivity contribution >= 4 is 5.91 Å². The van der Waals surface area contributed by atoms with Crippen molar-refractivity contribution in [3.05, 3.63) is 29.8 Å². The van der Waals surface area contributed by atoms with Crippen LogP contribution in [0.1, 0.15) is 24.5 Å². The molecule has 0 aromatic heterocycles. The van der Waals surface area contributed by atoms with Crippen molar-refractivity contribution in [1.29, 1.82) is 0 Å². The van der Waals surface area contributed by atoms with E-state index in [4.69, 9.17) is 4.74 Å².